The van der Waals surface area contributed by atoms with E-state index in [1.165, 1.54) is 0 Å². The summed E-state index contributed by atoms with van der Waals surface area (Å²) in [5, 5.41) is 5.20. The molecular weight excluding hydrogens is 275 g/mol. The minimum atomic E-state index is -4.51. The van der Waals surface area contributed by atoms with Crippen LogP contribution in [-0.2, 0) is 11.0 Å². The number of amides is 1. The topological polar surface area (TPSA) is 92.9 Å². The largest absolute Gasteiger partial charge is 0.433 e. The third-order valence-corrected chi connectivity index (χ3v) is 2.88. The Morgan fingerprint density at radius 2 is 2.10 bits per heavy atom. The molecule has 20 heavy (non-hydrogen) atoms. The fraction of sp³-hybridized carbons (Fsp3) is 0.545. The second kappa shape index (κ2) is 5.23. The maximum absolute atomic E-state index is 12.4. The first-order valence-corrected chi connectivity index (χ1v) is 6.02. The number of anilines is 1. The molecule has 1 heterocycles. The highest BCUT2D eigenvalue weighted by Gasteiger charge is 2.45. The number of alkyl halides is 3. The van der Waals surface area contributed by atoms with Crippen molar-refractivity contribution in [1.29, 1.82) is 0 Å². The molecule has 9 heteroatoms. The summed E-state index contributed by atoms with van der Waals surface area (Å²) in [6.45, 7) is 0.445. The first kappa shape index (κ1) is 14.5. The van der Waals surface area contributed by atoms with E-state index in [1.807, 2.05) is 0 Å². The minimum absolute atomic E-state index is 0.136. The van der Waals surface area contributed by atoms with Crippen LogP contribution in [0.5, 0.6) is 0 Å². The van der Waals surface area contributed by atoms with Gasteiger partial charge in [0, 0.05) is 19.3 Å². The third kappa shape index (κ3) is 3.56. The molecule has 0 unspecified atom stereocenters. The Kier molecular flexibility index (Phi) is 3.80. The zero-order valence-electron chi connectivity index (χ0n) is 10.5. The molecule has 1 saturated carbocycles. The molecule has 0 aromatic carbocycles. The van der Waals surface area contributed by atoms with Gasteiger partial charge in [-0.3, -0.25) is 4.79 Å². The summed E-state index contributed by atoms with van der Waals surface area (Å²) in [5.41, 5.74) is 3.90. The van der Waals surface area contributed by atoms with Crippen molar-refractivity contribution in [2.24, 2.45) is 5.73 Å². The van der Waals surface area contributed by atoms with Crippen molar-refractivity contribution < 1.29 is 18.0 Å². The molecule has 0 radical (unpaired) electrons. The SMILES string of the molecule is NC1(C(=O)NCCNc2nccc(C(F)(F)F)n2)CC1. The molecule has 1 amide bonds. The first-order valence-electron chi connectivity index (χ1n) is 6.02. The van der Waals surface area contributed by atoms with Gasteiger partial charge in [0.25, 0.3) is 0 Å². The molecule has 0 bridgehead atoms. The Labute approximate surface area is 113 Å². The van der Waals surface area contributed by atoms with Gasteiger partial charge in [-0.1, -0.05) is 0 Å². The van der Waals surface area contributed by atoms with Gasteiger partial charge < -0.3 is 16.4 Å². The third-order valence-electron chi connectivity index (χ3n) is 2.88. The van der Waals surface area contributed by atoms with Gasteiger partial charge in [-0.2, -0.15) is 13.2 Å². The quantitative estimate of drug-likeness (QED) is 0.687. The van der Waals surface area contributed by atoms with Crippen LogP contribution in [0.25, 0.3) is 0 Å². The number of carbonyl (C=O) groups is 1. The molecule has 1 fully saturated rings. The fourth-order valence-electron chi connectivity index (χ4n) is 1.49. The van der Waals surface area contributed by atoms with Gasteiger partial charge in [-0.05, 0) is 18.9 Å². The van der Waals surface area contributed by atoms with Crippen molar-refractivity contribution in [2.75, 3.05) is 18.4 Å². The van der Waals surface area contributed by atoms with E-state index in [-0.39, 0.29) is 24.9 Å². The van der Waals surface area contributed by atoms with Gasteiger partial charge >= 0.3 is 6.18 Å². The molecule has 0 atom stereocenters. The molecule has 6 nitrogen and oxygen atoms in total. The van der Waals surface area contributed by atoms with Crippen LogP contribution in [0.2, 0.25) is 0 Å². The Balaban J connectivity index is 1.78. The molecule has 2 rings (SSSR count). The van der Waals surface area contributed by atoms with E-state index in [4.69, 9.17) is 5.73 Å². The predicted octanol–water partition coefficient (Wildman–Crippen LogP) is 0.515. The van der Waals surface area contributed by atoms with Crippen LogP contribution in [0.3, 0.4) is 0 Å². The van der Waals surface area contributed by atoms with E-state index in [0.29, 0.717) is 12.8 Å². The van der Waals surface area contributed by atoms with E-state index >= 15 is 0 Å². The number of hydrogen-bond acceptors (Lipinski definition) is 5. The maximum Gasteiger partial charge on any atom is 0.433 e. The molecule has 1 aliphatic rings. The standard InChI is InChI=1S/C11H14F3N5O/c12-11(13,14)7-1-4-17-9(19-7)18-6-5-16-8(20)10(15)2-3-10/h1,4H,2-3,5-6,15H2,(H,16,20)(H,17,18,19). The smallest absolute Gasteiger partial charge is 0.353 e. The molecule has 0 saturated heterocycles. The number of rotatable bonds is 5. The molecule has 4 N–H and O–H groups in total. The average molecular weight is 289 g/mol. The number of nitrogens with zero attached hydrogens (tertiary/aromatic N) is 2. The van der Waals surface area contributed by atoms with E-state index in [1.54, 1.807) is 0 Å². The van der Waals surface area contributed by atoms with E-state index in [2.05, 4.69) is 20.6 Å². The van der Waals surface area contributed by atoms with Crippen LogP contribution >= 0.6 is 0 Å². The van der Waals surface area contributed by atoms with Gasteiger partial charge in [0.1, 0.15) is 5.69 Å². The predicted molar refractivity (Wildman–Crippen MR) is 64.7 cm³/mol. The Morgan fingerprint density at radius 3 is 2.70 bits per heavy atom. The number of aromatic nitrogens is 2. The summed E-state index contributed by atoms with van der Waals surface area (Å²) in [6, 6.07) is 0.790. The highest BCUT2D eigenvalue weighted by Crippen LogP contribution is 2.32. The highest BCUT2D eigenvalue weighted by molar-refractivity contribution is 5.88. The van der Waals surface area contributed by atoms with E-state index in [9.17, 15) is 18.0 Å². The van der Waals surface area contributed by atoms with E-state index < -0.39 is 17.4 Å². The lowest BCUT2D eigenvalue weighted by molar-refractivity contribution is -0.141. The summed E-state index contributed by atoms with van der Waals surface area (Å²) in [5.74, 6) is -0.382. The first-order chi connectivity index (χ1) is 9.31. The number of nitrogens with two attached hydrogens (primary N) is 1. The van der Waals surface area contributed by atoms with Gasteiger partial charge in [0.2, 0.25) is 11.9 Å². The van der Waals surface area contributed by atoms with Crippen LogP contribution in [-0.4, -0.2) is 34.5 Å². The Hall–Kier alpha value is -1.90. The van der Waals surface area contributed by atoms with Gasteiger partial charge in [0.05, 0.1) is 5.54 Å². The molecule has 1 aromatic heterocycles. The van der Waals surface area contributed by atoms with Gasteiger partial charge in [-0.25, -0.2) is 9.97 Å². The van der Waals surface area contributed by atoms with Crippen LogP contribution < -0.4 is 16.4 Å². The minimum Gasteiger partial charge on any atom is -0.353 e. The van der Waals surface area contributed by atoms with Crippen molar-refractivity contribution in [2.45, 2.75) is 24.6 Å². The van der Waals surface area contributed by atoms with Crippen LogP contribution in [0.15, 0.2) is 12.3 Å². The summed E-state index contributed by atoms with van der Waals surface area (Å²) in [7, 11) is 0. The van der Waals surface area contributed by atoms with Crippen molar-refractivity contribution >= 4 is 11.9 Å². The van der Waals surface area contributed by atoms with Gasteiger partial charge in [-0.15, -0.1) is 0 Å². The van der Waals surface area contributed by atoms with Crippen molar-refractivity contribution in [3.8, 4) is 0 Å². The maximum atomic E-state index is 12.4. The highest BCUT2D eigenvalue weighted by atomic mass is 19.4. The number of carbonyl (C=O) groups excluding carboxylic acids is 1. The zero-order chi connectivity index (χ0) is 14.8. The second-order valence-electron chi connectivity index (χ2n) is 4.60. The molecule has 0 aliphatic heterocycles. The van der Waals surface area contributed by atoms with Gasteiger partial charge in [0.15, 0.2) is 0 Å². The summed E-state index contributed by atoms with van der Waals surface area (Å²) >= 11 is 0. The normalized spacial score (nSPS) is 16.6. The Bertz CT molecular complexity index is 501. The van der Waals surface area contributed by atoms with Crippen LogP contribution in [0.1, 0.15) is 18.5 Å². The molecule has 1 aliphatic carbocycles. The zero-order valence-corrected chi connectivity index (χ0v) is 10.5. The Morgan fingerprint density at radius 1 is 1.40 bits per heavy atom. The number of nitrogens with one attached hydrogen (secondary N) is 2. The van der Waals surface area contributed by atoms with Crippen molar-refractivity contribution in [1.82, 2.24) is 15.3 Å². The van der Waals surface area contributed by atoms with Crippen LogP contribution in [0.4, 0.5) is 19.1 Å². The molecule has 0 spiro atoms. The number of halogens is 3. The molecule has 110 valence electrons. The van der Waals surface area contributed by atoms with Crippen LogP contribution in [0, 0.1) is 0 Å². The summed E-state index contributed by atoms with van der Waals surface area (Å²) in [4.78, 5) is 18.5. The lowest BCUT2D eigenvalue weighted by Crippen LogP contribution is -2.44. The average Bonchev–Trinajstić information content (AvgIpc) is 3.13. The monoisotopic (exact) mass is 289 g/mol. The van der Waals surface area contributed by atoms with Crippen molar-refractivity contribution in [3.63, 3.8) is 0 Å². The summed E-state index contributed by atoms with van der Waals surface area (Å²) < 4.78 is 37.2. The number of hydrogen-bond donors (Lipinski definition) is 3. The lowest BCUT2D eigenvalue weighted by Gasteiger charge is -2.11. The molecule has 1 aromatic rings. The summed E-state index contributed by atoms with van der Waals surface area (Å²) in [6.07, 6.45) is -2.17. The molecular formula is C11H14F3N5O. The van der Waals surface area contributed by atoms with E-state index in [0.717, 1.165) is 12.3 Å². The fourth-order valence-corrected chi connectivity index (χ4v) is 1.49. The lowest BCUT2D eigenvalue weighted by atomic mass is 10.3. The van der Waals surface area contributed by atoms with Crippen molar-refractivity contribution in [3.05, 3.63) is 18.0 Å². The second-order valence-corrected chi connectivity index (χ2v) is 4.60.